The summed E-state index contributed by atoms with van der Waals surface area (Å²) in [4.78, 5) is 4.76. The highest BCUT2D eigenvalue weighted by molar-refractivity contribution is 7.26. The number of thiophene rings is 1. The Hall–Kier alpha value is -8.12. The Morgan fingerprint density at radius 1 is 0.369 bits per heavy atom. The lowest BCUT2D eigenvalue weighted by molar-refractivity contribution is 0.996. The molecule has 13 rings (SSSR count). The van der Waals surface area contributed by atoms with Crippen molar-refractivity contribution in [3.8, 4) is 11.4 Å². The SMILES string of the molecule is C1=CC(N(c2ccccc2)c2cccc(-n3c4cc(N(c5ccccc5)c5ccccc5)ccc4c4c5sc6ccc(-n7c8ccccc8c8ccccc87)cc6c5ccc43)c2)=CCC1. The van der Waals surface area contributed by atoms with Crippen LogP contribution in [-0.2, 0) is 0 Å². The van der Waals surface area contributed by atoms with Crippen LogP contribution in [0.5, 0.6) is 0 Å². The minimum absolute atomic E-state index is 1.02. The van der Waals surface area contributed by atoms with Crippen molar-refractivity contribution in [2.75, 3.05) is 9.80 Å². The second kappa shape index (κ2) is 15.3. The van der Waals surface area contributed by atoms with Crippen LogP contribution in [0.1, 0.15) is 12.8 Å². The molecule has 5 heteroatoms. The molecule has 308 valence electrons. The zero-order valence-electron chi connectivity index (χ0n) is 35.6. The molecular weight excluding hydrogens is 809 g/mol. The first-order chi connectivity index (χ1) is 32.3. The molecule has 0 radical (unpaired) electrons. The normalized spacial score (nSPS) is 12.8. The van der Waals surface area contributed by atoms with E-state index in [1.807, 2.05) is 11.3 Å². The van der Waals surface area contributed by atoms with E-state index >= 15 is 0 Å². The van der Waals surface area contributed by atoms with Crippen molar-refractivity contribution >= 4 is 104 Å². The minimum atomic E-state index is 1.02. The number of hydrogen-bond acceptors (Lipinski definition) is 3. The maximum absolute atomic E-state index is 2.49. The first kappa shape index (κ1) is 37.4. The molecule has 0 atom stereocenters. The molecule has 65 heavy (non-hydrogen) atoms. The number of para-hydroxylation sites is 5. The Morgan fingerprint density at radius 2 is 0.954 bits per heavy atom. The highest BCUT2D eigenvalue weighted by atomic mass is 32.1. The van der Waals surface area contributed by atoms with Crippen molar-refractivity contribution in [2.45, 2.75) is 12.8 Å². The fourth-order valence-electron chi connectivity index (χ4n) is 10.2. The van der Waals surface area contributed by atoms with Gasteiger partial charge in [-0.2, -0.15) is 0 Å². The van der Waals surface area contributed by atoms with Crippen molar-refractivity contribution < 1.29 is 0 Å². The summed E-state index contributed by atoms with van der Waals surface area (Å²) >= 11 is 1.90. The van der Waals surface area contributed by atoms with Crippen molar-refractivity contribution in [2.24, 2.45) is 0 Å². The number of aromatic nitrogens is 2. The van der Waals surface area contributed by atoms with Gasteiger partial charge in [0.1, 0.15) is 0 Å². The van der Waals surface area contributed by atoms with Gasteiger partial charge in [-0.25, -0.2) is 0 Å². The van der Waals surface area contributed by atoms with Gasteiger partial charge in [-0.1, -0.05) is 121 Å². The van der Waals surface area contributed by atoms with E-state index in [9.17, 15) is 0 Å². The fraction of sp³-hybridized carbons (Fsp3) is 0.0333. The third-order valence-corrected chi connectivity index (χ3v) is 14.3. The molecule has 0 aliphatic heterocycles. The summed E-state index contributed by atoms with van der Waals surface area (Å²) in [5.41, 5.74) is 13.8. The fourth-order valence-corrected chi connectivity index (χ4v) is 11.5. The number of benzene rings is 9. The number of fused-ring (bicyclic) bond motifs is 10. The molecule has 12 aromatic rings. The van der Waals surface area contributed by atoms with Crippen LogP contribution < -0.4 is 9.80 Å². The van der Waals surface area contributed by atoms with Crippen molar-refractivity contribution in [3.05, 3.63) is 236 Å². The summed E-state index contributed by atoms with van der Waals surface area (Å²) in [5, 5.41) is 7.60. The van der Waals surface area contributed by atoms with Crippen LogP contribution in [0.25, 0.3) is 75.2 Å². The van der Waals surface area contributed by atoms with E-state index in [4.69, 9.17) is 0 Å². The Kier molecular flexibility index (Phi) is 8.81. The topological polar surface area (TPSA) is 16.3 Å². The van der Waals surface area contributed by atoms with Gasteiger partial charge in [-0.15, -0.1) is 11.3 Å². The molecule has 3 heterocycles. The largest absolute Gasteiger partial charge is 0.311 e. The first-order valence-electron chi connectivity index (χ1n) is 22.4. The van der Waals surface area contributed by atoms with Crippen LogP contribution in [0.15, 0.2) is 236 Å². The molecule has 0 saturated heterocycles. The monoisotopic (exact) mass is 850 g/mol. The molecule has 1 aliphatic carbocycles. The Labute approximate surface area is 381 Å². The molecule has 9 aromatic carbocycles. The van der Waals surface area contributed by atoms with Gasteiger partial charge in [-0.3, -0.25) is 0 Å². The minimum Gasteiger partial charge on any atom is -0.311 e. The van der Waals surface area contributed by atoms with Crippen molar-refractivity contribution in [1.29, 1.82) is 0 Å². The molecule has 0 saturated carbocycles. The van der Waals surface area contributed by atoms with Crippen LogP contribution in [0.4, 0.5) is 28.4 Å². The Morgan fingerprint density at radius 3 is 1.63 bits per heavy atom. The molecule has 0 bridgehead atoms. The third-order valence-electron chi connectivity index (χ3n) is 13.1. The quantitative estimate of drug-likeness (QED) is 0.151. The molecule has 0 unspecified atom stereocenters. The van der Waals surface area contributed by atoms with Gasteiger partial charge in [0, 0.05) is 87.2 Å². The van der Waals surface area contributed by atoms with Gasteiger partial charge in [-0.05, 0) is 122 Å². The standard InChI is InChI=1S/C60H42N4S/c1-5-18-41(19-6-1)61(42-20-7-2-8-21-42)45-26-17-27-46(38-45)64-56-36-35-51-53-39-47(63-54-30-15-13-28-49(54)50-29-14-16-31-55(50)63)33-37-58(53)65-60(51)59(56)52-34-32-48(40-57(52)64)62(43-22-9-3-10-23-43)44-24-11-4-12-25-44/h1,3-7,9-40H,2,8H2. The van der Waals surface area contributed by atoms with E-state index in [2.05, 4.69) is 249 Å². The summed E-state index contributed by atoms with van der Waals surface area (Å²) in [6.07, 6.45) is 9.00. The lowest BCUT2D eigenvalue weighted by atomic mass is 10.1. The number of anilines is 5. The lowest BCUT2D eigenvalue weighted by Gasteiger charge is -2.28. The molecule has 3 aromatic heterocycles. The molecule has 0 N–H and O–H groups in total. The third kappa shape index (κ3) is 6.11. The number of rotatable bonds is 8. The van der Waals surface area contributed by atoms with Crippen LogP contribution in [0.3, 0.4) is 0 Å². The lowest BCUT2D eigenvalue weighted by Crippen LogP contribution is -2.16. The number of hydrogen-bond donors (Lipinski definition) is 0. The van der Waals surface area contributed by atoms with Crippen molar-refractivity contribution in [3.63, 3.8) is 0 Å². The van der Waals surface area contributed by atoms with Crippen molar-refractivity contribution in [1.82, 2.24) is 9.13 Å². The van der Waals surface area contributed by atoms with Crippen LogP contribution in [-0.4, -0.2) is 9.13 Å². The van der Waals surface area contributed by atoms with E-state index in [0.29, 0.717) is 0 Å². The summed E-state index contributed by atoms with van der Waals surface area (Å²) in [6, 6.07) is 77.6. The van der Waals surface area contributed by atoms with E-state index in [-0.39, 0.29) is 0 Å². The van der Waals surface area contributed by atoms with Gasteiger partial charge in [0.05, 0.1) is 22.1 Å². The van der Waals surface area contributed by atoms with Gasteiger partial charge in [0.25, 0.3) is 0 Å². The smallest absolute Gasteiger partial charge is 0.0562 e. The Bertz CT molecular complexity index is 3740. The highest BCUT2D eigenvalue weighted by Gasteiger charge is 2.23. The zero-order valence-corrected chi connectivity index (χ0v) is 36.4. The highest BCUT2D eigenvalue weighted by Crippen LogP contribution is 2.47. The van der Waals surface area contributed by atoms with Gasteiger partial charge in [0.15, 0.2) is 0 Å². The average Bonchev–Trinajstić information content (AvgIpc) is 4.03. The van der Waals surface area contributed by atoms with Crippen LogP contribution >= 0.6 is 11.3 Å². The average molecular weight is 851 g/mol. The summed E-state index contributed by atoms with van der Waals surface area (Å²) in [5.74, 6) is 0. The zero-order chi connectivity index (χ0) is 42.8. The van der Waals surface area contributed by atoms with Gasteiger partial charge >= 0.3 is 0 Å². The molecule has 0 amide bonds. The summed E-state index contributed by atoms with van der Waals surface area (Å²) in [6.45, 7) is 0. The second-order valence-corrected chi connectivity index (χ2v) is 17.9. The Balaban J connectivity index is 1.06. The van der Waals surface area contributed by atoms with E-state index < -0.39 is 0 Å². The van der Waals surface area contributed by atoms with Crippen LogP contribution in [0, 0.1) is 0 Å². The summed E-state index contributed by atoms with van der Waals surface area (Å²) in [7, 11) is 0. The van der Waals surface area contributed by atoms with E-state index in [1.165, 1.54) is 69.7 Å². The predicted molar refractivity (Wildman–Crippen MR) is 278 cm³/mol. The number of nitrogens with zero attached hydrogens (tertiary/aromatic N) is 4. The van der Waals surface area contributed by atoms with E-state index in [1.54, 1.807) is 0 Å². The van der Waals surface area contributed by atoms with Crippen LogP contribution in [0.2, 0.25) is 0 Å². The van der Waals surface area contributed by atoms with E-state index in [0.717, 1.165) is 52.5 Å². The first-order valence-corrected chi connectivity index (χ1v) is 23.2. The van der Waals surface area contributed by atoms with Gasteiger partial charge < -0.3 is 18.9 Å². The molecular formula is C60H42N4S. The number of allylic oxidation sites excluding steroid dienone is 3. The second-order valence-electron chi connectivity index (χ2n) is 16.8. The molecule has 1 aliphatic rings. The van der Waals surface area contributed by atoms with Gasteiger partial charge in [0.2, 0.25) is 0 Å². The maximum Gasteiger partial charge on any atom is 0.0562 e. The maximum atomic E-state index is 2.49. The molecule has 0 fully saturated rings. The summed E-state index contributed by atoms with van der Waals surface area (Å²) < 4.78 is 7.50. The molecule has 0 spiro atoms. The molecule has 4 nitrogen and oxygen atoms in total. The predicted octanol–water partition coefficient (Wildman–Crippen LogP) is 17.1.